The Bertz CT molecular complexity index is 386. The summed E-state index contributed by atoms with van der Waals surface area (Å²) >= 11 is 0. The second-order valence-electron chi connectivity index (χ2n) is 5.26. The molecule has 0 aromatic heterocycles. The summed E-state index contributed by atoms with van der Waals surface area (Å²) in [5, 5.41) is 0. The van der Waals surface area contributed by atoms with Crippen LogP contribution in [0.5, 0.6) is 11.5 Å². The summed E-state index contributed by atoms with van der Waals surface area (Å²) in [7, 11) is 1.68. The molecule has 0 amide bonds. The van der Waals surface area contributed by atoms with Gasteiger partial charge in [-0.25, -0.2) is 0 Å². The first-order chi connectivity index (χ1) is 8.69. The number of benzene rings is 1. The molecule has 1 aliphatic rings. The van der Waals surface area contributed by atoms with E-state index in [0.29, 0.717) is 0 Å². The van der Waals surface area contributed by atoms with Crippen LogP contribution < -0.4 is 15.2 Å². The normalized spacial score (nSPS) is 17.1. The Morgan fingerprint density at radius 1 is 1.39 bits per heavy atom. The third-order valence-electron chi connectivity index (χ3n) is 3.52. The molecule has 3 heteroatoms. The van der Waals surface area contributed by atoms with Gasteiger partial charge in [0.05, 0.1) is 13.7 Å². The van der Waals surface area contributed by atoms with Gasteiger partial charge in [-0.2, -0.15) is 0 Å². The standard InChI is InChI=1S/C15H23NO2/c1-11(16)8-13-6-7-14(17-2)9-15(13)18-10-12-4-3-5-12/h6-7,9,11-12H,3-5,8,10,16H2,1-2H3. The fourth-order valence-corrected chi connectivity index (χ4v) is 2.18. The van der Waals surface area contributed by atoms with Gasteiger partial charge in [-0.3, -0.25) is 0 Å². The molecule has 2 rings (SSSR count). The smallest absolute Gasteiger partial charge is 0.126 e. The van der Waals surface area contributed by atoms with Gasteiger partial charge in [-0.1, -0.05) is 12.5 Å². The first-order valence-corrected chi connectivity index (χ1v) is 6.74. The Balaban J connectivity index is 2.06. The van der Waals surface area contributed by atoms with Gasteiger partial charge in [0.2, 0.25) is 0 Å². The fraction of sp³-hybridized carbons (Fsp3) is 0.600. The van der Waals surface area contributed by atoms with Crippen molar-refractivity contribution in [1.29, 1.82) is 0 Å². The van der Waals surface area contributed by atoms with Crippen LogP contribution in [-0.2, 0) is 6.42 Å². The summed E-state index contributed by atoms with van der Waals surface area (Å²) in [5.74, 6) is 2.50. The third kappa shape index (κ3) is 3.39. The van der Waals surface area contributed by atoms with E-state index in [1.54, 1.807) is 7.11 Å². The highest BCUT2D eigenvalue weighted by Gasteiger charge is 2.18. The lowest BCUT2D eigenvalue weighted by molar-refractivity contribution is 0.179. The molecule has 1 aromatic carbocycles. The Labute approximate surface area is 109 Å². The zero-order valence-corrected chi connectivity index (χ0v) is 11.3. The first-order valence-electron chi connectivity index (χ1n) is 6.74. The highest BCUT2D eigenvalue weighted by Crippen LogP contribution is 2.30. The third-order valence-corrected chi connectivity index (χ3v) is 3.52. The van der Waals surface area contributed by atoms with E-state index < -0.39 is 0 Å². The van der Waals surface area contributed by atoms with Gasteiger partial charge in [0.1, 0.15) is 11.5 Å². The molecule has 0 spiro atoms. The van der Waals surface area contributed by atoms with Gasteiger partial charge in [-0.05, 0) is 43.7 Å². The lowest BCUT2D eigenvalue weighted by Crippen LogP contribution is -2.21. The van der Waals surface area contributed by atoms with E-state index in [9.17, 15) is 0 Å². The second kappa shape index (κ2) is 6.10. The average molecular weight is 249 g/mol. The molecule has 1 aromatic rings. The molecular weight excluding hydrogens is 226 g/mol. The molecule has 2 N–H and O–H groups in total. The highest BCUT2D eigenvalue weighted by molar-refractivity contribution is 5.41. The van der Waals surface area contributed by atoms with Crippen molar-refractivity contribution in [3.63, 3.8) is 0 Å². The summed E-state index contributed by atoms with van der Waals surface area (Å²) in [6.07, 6.45) is 4.78. The molecule has 1 aliphatic carbocycles. The zero-order valence-electron chi connectivity index (χ0n) is 11.3. The minimum absolute atomic E-state index is 0.143. The van der Waals surface area contributed by atoms with E-state index >= 15 is 0 Å². The maximum Gasteiger partial charge on any atom is 0.126 e. The Kier molecular flexibility index (Phi) is 4.48. The highest BCUT2D eigenvalue weighted by atomic mass is 16.5. The number of nitrogens with two attached hydrogens (primary N) is 1. The Morgan fingerprint density at radius 2 is 2.17 bits per heavy atom. The largest absolute Gasteiger partial charge is 0.497 e. The van der Waals surface area contributed by atoms with Crippen molar-refractivity contribution in [2.45, 2.75) is 38.6 Å². The molecule has 0 aliphatic heterocycles. The predicted molar refractivity (Wildman–Crippen MR) is 73.2 cm³/mol. The van der Waals surface area contributed by atoms with Gasteiger partial charge in [0.15, 0.2) is 0 Å². The number of rotatable bonds is 6. The maximum absolute atomic E-state index is 5.95. The molecule has 0 radical (unpaired) electrons. The molecule has 100 valence electrons. The minimum Gasteiger partial charge on any atom is -0.497 e. The molecule has 0 heterocycles. The molecule has 1 atom stereocenters. The van der Waals surface area contributed by atoms with Crippen molar-refractivity contribution in [2.24, 2.45) is 11.7 Å². The van der Waals surface area contributed by atoms with Crippen LogP contribution >= 0.6 is 0 Å². The molecule has 1 saturated carbocycles. The van der Waals surface area contributed by atoms with E-state index in [2.05, 4.69) is 6.07 Å². The zero-order chi connectivity index (χ0) is 13.0. The van der Waals surface area contributed by atoms with E-state index in [4.69, 9.17) is 15.2 Å². The van der Waals surface area contributed by atoms with Gasteiger partial charge in [-0.15, -0.1) is 0 Å². The van der Waals surface area contributed by atoms with E-state index in [1.807, 2.05) is 19.1 Å². The van der Waals surface area contributed by atoms with Gasteiger partial charge in [0, 0.05) is 12.1 Å². The van der Waals surface area contributed by atoms with Crippen molar-refractivity contribution >= 4 is 0 Å². The summed E-state index contributed by atoms with van der Waals surface area (Å²) in [4.78, 5) is 0. The molecule has 1 fully saturated rings. The lowest BCUT2D eigenvalue weighted by atomic mass is 9.86. The second-order valence-corrected chi connectivity index (χ2v) is 5.26. The number of hydrogen-bond donors (Lipinski definition) is 1. The van der Waals surface area contributed by atoms with Crippen molar-refractivity contribution in [3.05, 3.63) is 23.8 Å². The molecule has 0 bridgehead atoms. The molecule has 1 unspecified atom stereocenters. The number of ether oxygens (including phenoxy) is 2. The van der Waals surface area contributed by atoms with Crippen molar-refractivity contribution in [1.82, 2.24) is 0 Å². The van der Waals surface area contributed by atoms with Gasteiger partial charge in [0.25, 0.3) is 0 Å². The van der Waals surface area contributed by atoms with Crippen molar-refractivity contribution in [2.75, 3.05) is 13.7 Å². The van der Waals surface area contributed by atoms with Gasteiger partial charge < -0.3 is 15.2 Å². The van der Waals surface area contributed by atoms with Crippen LogP contribution in [0.15, 0.2) is 18.2 Å². The van der Waals surface area contributed by atoms with E-state index in [0.717, 1.165) is 30.4 Å². The summed E-state index contributed by atoms with van der Waals surface area (Å²) in [5.41, 5.74) is 7.04. The predicted octanol–water partition coefficient (Wildman–Crippen LogP) is 2.76. The van der Waals surface area contributed by atoms with Crippen LogP contribution in [0.3, 0.4) is 0 Å². The number of methoxy groups -OCH3 is 1. The summed E-state index contributed by atoms with van der Waals surface area (Å²) in [6.45, 7) is 2.83. The SMILES string of the molecule is COc1ccc(CC(C)N)c(OCC2CCC2)c1. The van der Waals surface area contributed by atoms with Crippen molar-refractivity contribution in [3.8, 4) is 11.5 Å². The van der Waals surface area contributed by atoms with Gasteiger partial charge >= 0.3 is 0 Å². The number of hydrogen-bond acceptors (Lipinski definition) is 3. The van der Waals surface area contributed by atoms with Crippen molar-refractivity contribution < 1.29 is 9.47 Å². The monoisotopic (exact) mass is 249 g/mol. The van der Waals surface area contributed by atoms with Crippen LogP contribution in [0.2, 0.25) is 0 Å². The quantitative estimate of drug-likeness (QED) is 0.843. The first kappa shape index (κ1) is 13.2. The Morgan fingerprint density at radius 3 is 2.72 bits per heavy atom. The van der Waals surface area contributed by atoms with Crippen LogP contribution in [0.1, 0.15) is 31.7 Å². The molecular formula is C15H23NO2. The van der Waals surface area contributed by atoms with Crippen LogP contribution in [0, 0.1) is 5.92 Å². The topological polar surface area (TPSA) is 44.5 Å². The van der Waals surface area contributed by atoms with E-state index in [1.165, 1.54) is 24.8 Å². The Hall–Kier alpha value is -1.22. The van der Waals surface area contributed by atoms with Crippen LogP contribution in [0.25, 0.3) is 0 Å². The summed E-state index contributed by atoms with van der Waals surface area (Å²) in [6, 6.07) is 6.13. The summed E-state index contributed by atoms with van der Waals surface area (Å²) < 4.78 is 11.2. The van der Waals surface area contributed by atoms with E-state index in [-0.39, 0.29) is 6.04 Å². The fourth-order valence-electron chi connectivity index (χ4n) is 2.18. The average Bonchev–Trinajstić information content (AvgIpc) is 2.28. The molecule has 18 heavy (non-hydrogen) atoms. The lowest BCUT2D eigenvalue weighted by Gasteiger charge is -2.26. The molecule has 3 nitrogen and oxygen atoms in total. The molecule has 0 saturated heterocycles. The van der Waals surface area contributed by atoms with Crippen LogP contribution in [-0.4, -0.2) is 19.8 Å². The minimum atomic E-state index is 0.143. The maximum atomic E-state index is 5.95. The van der Waals surface area contributed by atoms with Crippen LogP contribution in [0.4, 0.5) is 0 Å².